The van der Waals surface area contributed by atoms with Crippen LogP contribution in [0.2, 0.25) is 0 Å². The van der Waals surface area contributed by atoms with Gasteiger partial charge in [-0.05, 0) is 45.5 Å². The monoisotopic (exact) mass is 222 g/mol. The van der Waals surface area contributed by atoms with E-state index in [9.17, 15) is 4.39 Å². The molecule has 0 bridgehead atoms. The van der Waals surface area contributed by atoms with E-state index in [0.717, 1.165) is 37.2 Å². The first-order valence-corrected chi connectivity index (χ1v) is 5.96. The van der Waals surface area contributed by atoms with Crippen molar-refractivity contribution in [3.05, 3.63) is 29.6 Å². The maximum absolute atomic E-state index is 13.7. The number of hydrogen-bond acceptors (Lipinski definition) is 2. The SMILES string of the molecule is CCN1c2cccc(F)c2CC1CCNC. The molecule has 0 fully saturated rings. The van der Waals surface area contributed by atoms with E-state index in [1.807, 2.05) is 13.1 Å². The molecule has 1 heterocycles. The van der Waals surface area contributed by atoms with Crippen molar-refractivity contribution in [3.63, 3.8) is 0 Å². The lowest BCUT2D eigenvalue weighted by Gasteiger charge is -2.26. The Morgan fingerprint density at radius 2 is 2.31 bits per heavy atom. The summed E-state index contributed by atoms with van der Waals surface area (Å²) in [6.07, 6.45) is 1.91. The Morgan fingerprint density at radius 3 is 3.00 bits per heavy atom. The summed E-state index contributed by atoms with van der Waals surface area (Å²) >= 11 is 0. The fraction of sp³-hybridized carbons (Fsp3) is 0.538. The molecular formula is C13H19FN2. The summed E-state index contributed by atoms with van der Waals surface area (Å²) in [5.41, 5.74) is 1.98. The molecule has 0 spiro atoms. The molecule has 0 saturated heterocycles. The molecule has 1 N–H and O–H groups in total. The van der Waals surface area contributed by atoms with Gasteiger partial charge in [0.25, 0.3) is 0 Å². The fourth-order valence-electron chi connectivity index (χ4n) is 2.56. The molecule has 1 unspecified atom stereocenters. The first kappa shape index (κ1) is 11.4. The molecule has 0 aromatic heterocycles. The Kier molecular flexibility index (Phi) is 3.44. The zero-order chi connectivity index (χ0) is 11.5. The number of likely N-dealkylation sites (N-methyl/N-ethyl adjacent to an activating group) is 1. The Hall–Kier alpha value is -1.09. The van der Waals surface area contributed by atoms with Crippen molar-refractivity contribution in [1.82, 2.24) is 5.32 Å². The van der Waals surface area contributed by atoms with E-state index < -0.39 is 0 Å². The van der Waals surface area contributed by atoms with Crippen LogP contribution in [0.3, 0.4) is 0 Å². The Morgan fingerprint density at radius 1 is 1.50 bits per heavy atom. The van der Waals surface area contributed by atoms with Gasteiger partial charge >= 0.3 is 0 Å². The molecule has 0 amide bonds. The van der Waals surface area contributed by atoms with Gasteiger partial charge in [0.15, 0.2) is 0 Å². The van der Waals surface area contributed by atoms with Gasteiger partial charge in [0, 0.05) is 23.8 Å². The molecule has 16 heavy (non-hydrogen) atoms. The summed E-state index contributed by atoms with van der Waals surface area (Å²) in [7, 11) is 1.96. The number of halogens is 1. The maximum Gasteiger partial charge on any atom is 0.128 e. The highest BCUT2D eigenvalue weighted by Gasteiger charge is 2.29. The van der Waals surface area contributed by atoms with Crippen LogP contribution in [0.25, 0.3) is 0 Å². The molecule has 1 aromatic carbocycles. The van der Waals surface area contributed by atoms with Crippen LogP contribution < -0.4 is 10.2 Å². The lowest BCUT2D eigenvalue weighted by molar-refractivity contribution is 0.555. The first-order valence-electron chi connectivity index (χ1n) is 5.96. The zero-order valence-corrected chi connectivity index (χ0v) is 9.96. The average Bonchev–Trinajstić information content (AvgIpc) is 2.65. The third kappa shape index (κ3) is 1.92. The van der Waals surface area contributed by atoms with E-state index in [-0.39, 0.29) is 5.82 Å². The van der Waals surface area contributed by atoms with Gasteiger partial charge < -0.3 is 10.2 Å². The third-order valence-corrected chi connectivity index (χ3v) is 3.35. The highest BCUT2D eigenvalue weighted by Crippen LogP contribution is 2.34. The molecule has 3 heteroatoms. The lowest BCUT2D eigenvalue weighted by Crippen LogP contribution is -2.33. The number of rotatable bonds is 4. The molecule has 1 aliphatic rings. The van der Waals surface area contributed by atoms with Gasteiger partial charge in [-0.2, -0.15) is 0 Å². The minimum Gasteiger partial charge on any atom is -0.368 e. The van der Waals surface area contributed by atoms with Crippen molar-refractivity contribution in [1.29, 1.82) is 0 Å². The van der Waals surface area contributed by atoms with Crippen molar-refractivity contribution in [3.8, 4) is 0 Å². The van der Waals surface area contributed by atoms with E-state index in [0.29, 0.717) is 6.04 Å². The van der Waals surface area contributed by atoms with Crippen LogP contribution in [0.4, 0.5) is 10.1 Å². The third-order valence-electron chi connectivity index (χ3n) is 3.35. The molecule has 0 aliphatic carbocycles. The molecule has 88 valence electrons. The molecule has 2 nitrogen and oxygen atoms in total. The second-order valence-electron chi connectivity index (χ2n) is 4.27. The number of nitrogens with zero attached hydrogens (tertiary/aromatic N) is 1. The Bertz CT molecular complexity index is 365. The van der Waals surface area contributed by atoms with Gasteiger partial charge in [0.1, 0.15) is 5.82 Å². The van der Waals surface area contributed by atoms with Gasteiger partial charge in [-0.1, -0.05) is 6.07 Å². The van der Waals surface area contributed by atoms with E-state index >= 15 is 0 Å². The highest BCUT2D eigenvalue weighted by molar-refractivity contribution is 5.59. The van der Waals surface area contributed by atoms with E-state index in [4.69, 9.17) is 0 Å². The minimum atomic E-state index is -0.0529. The van der Waals surface area contributed by atoms with Crippen LogP contribution in [0.1, 0.15) is 18.9 Å². The summed E-state index contributed by atoms with van der Waals surface area (Å²) in [6, 6.07) is 5.84. The molecule has 2 rings (SSSR count). The predicted molar refractivity (Wildman–Crippen MR) is 65.5 cm³/mol. The summed E-state index contributed by atoms with van der Waals surface area (Å²) in [5.74, 6) is -0.0529. The van der Waals surface area contributed by atoms with E-state index in [2.05, 4.69) is 17.1 Å². The number of anilines is 1. The number of fused-ring (bicyclic) bond motifs is 1. The summed E-state index contributed by atoms with van der Waals surface area (Å²) in [5, 5.41) is 3.16. The molecule has 1 atom stereocenters. The summed E-state index contributed by atoms with van der Waals surface area (Å²) in [4.78, 5) is 2.32. The summed E-state index contributed by atoms with van der Waals surface area (Å²) in [6.45, 7) is 4.06. The molecule has 1 aromatic rings. The van der Waals surface area contributed by atoms with Crippen LogP contribution in [0.15, 0.2) is 18.2 Å². The fourth-order valence-corrected chi connectivity index (χ4v) is 2.56. The van der Waals surface area contributed by atoms with Crippen LogP contribution >= 0.6 is 0 Å². The lowest BCUT2D eigenvalue weighted by atomic mass is 10.1. The standard InChI is InChI=1S/C13H19FN2/c1-3-16-10(7-8-15-2)9-11-12(14)5-4-6-13(11)16/h4-6,10,15H,3,7-9H2,1-2H3. The second kappa shape index (κ2) is 4.83. The largest absolute Gasteiger partial charge is 0.368 e. The van der Waals surface area contributed by atoms with Crippen molar-refractivity contribution in [2.75, 3.05) is 25.0 Å². The van der Waals surface area contributed by atoms with E-state index in [1.54, 1.807) is 12.1 Å². The van der Waals surface area contributed by atoms with Crippen molar-refractivity contribution in [2.24, 2.45) is 0 Å². The second-order valence-corrected chi connectivity index (χ2v) is 4.27. The van der Waals surface area contributed by atoms with Gasteiger partial charge in [-0.3, -0.25) is 0 Å². The Balaban J connectivity index is 2.22. The molecule has 0 radical (unpaired) electrons. The van der Waals surface area contributed by atoms with Crippen molar-refractivity contribution >= 4 is 5.69 Å². The van der Waals surface area contributed by atoms with Gasteiger partial charge in [0.05, 0.1) is 0 Å². The average molecular weight is 222 g/mol. The number of hydrogen-bond donors (Lipinski definition) is 1. The molecule has 1 aliphatic heterocycles. The maximum atomic E-state index is 13.7. The van der Waals surface area contributed by atoms with Gasteiger partial charge in [-0.25, -0.2) is 4.39 Å². The van der Waals surface area contributed by atoms with Gasteiger partial charge in [-0.15, -0.1) is 0 Å². The predicted octanol–water partition coefficient (Wildman–Crippen LogP) is 2.19. The summed E-state index contributed by atoms with van der Waals surface area (Å²) < 4.78 is 13.7. The van der Waals surface area contributed by atoms with Crippen molar-refractivity contribution < 1.29 is 4.39 Å². The number of nitrogens with one attached hydrogen (secondary N) is 1. The van der Waals surface area contributed by atoms with E-state index in [1.165, 1.54) is 0 Å². The number of benzene rings is 1. The quantitative estimate of drug-likeness (QED) is 0.840. The van der Waals surface area contributed by atoms with Crippen LogP contribution in [0, 0.1) is 5.82 Å². The van der Waals surface area contributed by atoms with Crippen LogP contribution in [-0.4, -0.2) is 26.2 Å². The topological polar surface area (TPSA) is 15.3 Å². The van der Waals surface area contributed by atoms with Crippen LogP contribution in [0.5, 0.6) is 0 Å². The highest BCUT2D eigenvalue weighted by atomic mass is 19.1. The Labute approximate surface area is 96.5 Å². The minimum absolute atomic E-state index is 0.0529. The van der Waals surface area contributed by atoms with Gasteiger partial charge in [0.2, 0.25) is 0 Å². The smallest absolute Gasteiger partial charge is 0.128 e. The normalized spacial score (nSPS) is 18.9. The molecular weight excluding hydrogens is 203 g/mol. The van der Waals surface area contributed by atoms with Crippen molar-refractivity contribution in [2.45, 2.75) is 25.8 Å². The first-order chi connectivity index (χ1) is 7.77. The zero-order valence-electron chi connectivity index (χ0n) is 9.96. The molecule has 0 saturated carbocycles. The van der Waals surface area contributed by atoms with Crippen LogP contribution in [-0.2, 0) is 6.42 Å².